The molecule has 0 saturated carbocycles. The van der Waals surface area contributed by atoms with Crippen LogP contribution in [0, 0.1) is 0 Å². The maximum absolute atomic E-state index is 4.91. The van der Waals surface area contributed by atoms with Crippen molar-refractivity contribution in [2.24, 2.45) is 0 Å². The molecule has 0 bridgehead atoms. The van der Waals surface area contributed by atoms with E-state index in [1.807, 2.05) is 17.8 Å². The summed E-state index contributed by atoms with van der Waals surface area (Å²) in [7, 11) is 1.64. The molecule has 1 aromatic rings. The van der Waals surface area contributed by atoms with Gasteiger partial charge in [0, 0.05) is 6.54 Å². The summed E-state index contributed by atoms with van der Waals surface area (Å²) in [5.41, 5.74) is 0. The van der Waals surface area contributed by atoms with Crippen molar-refractivity contribution in [1.82, 2.24) is 9.78 Å². The van der Waals surface area contributed by atoms with E-state index in [9.17, 15) is 0 Å². The van der Waals surface area contributed by atoms with Crippen LogP contribution in [0.5, 0.6) is 5.75 Å². The molecule has 0 N–H and O–H groups in total. The Labute approximate surface area is 54.2 Å². The van der Waals surface area contributed by atoms with E-state index in [4.69, 9.17) is 4.74 Å². The molecule has 1 rings (SSSR count). The molecular formula is C6H10N2O. The molecule has 3 heteroatoms. The van der Waals surface area contributed by atoms with E-state index < -0.39 is 0 Å². The van der Waals surface area contributed by atoms with Crippen molar-refractivity contribution < 1.29 is 4.74 Å². The number of aromatic nitrogens is 2. The maximum Gasteiger partial charge on any atom is 0.156 e. The van der Waals surface area contributed by atoms with E-state index in [-0.39, 0.29) is 0 Å². The number of hydrogen-bond acceptors (Lipinski definition) is 2. The smallest absolute Gasteiger partial charge is 0.156 e. The molecule has 0 saturated heterocycles. The SMILES string of the molecule is CCn1cc(OC)cn1. The van der Waals surface area contributed by atoms with Crippen LogP contribution in [0.4, 0.5) is 0 Å². The first kappa shape index (κ1) is 6.13. The Kier molecular flexibility index (Phi) is 1.72. The number of nitrogens with zero attached hydrogens (tertiary/aromatic N) is 2. The average Bonchev–Trinajstić information content (AvgIpc) is 2.34. The van der Waals surface area contributed by atoms with Crippen LogP contribution < -0.4 is 4.74 Å². The van der Waals surface area contributed by atoms with E-state index in [0.717, 1.165) is 12.3 Å². The highest BCUT2D eigenvalue weighted by atomic mass is 16.5. The standard InChI is InChI=1S/C6H10N2O/c1-3-8-5-6(9-2)4-7-8/h4-5H,3H2,1-2H3. The minimum Gasteiger partial charge on any atom is -0.493 e. The van der Waals surface area contributed by atoms with Crippen LogP contribution in [0.15, 0.2) is 12.4 Å². The molecule has 0 aliphatic carbocycles. The van der Waals surface area contributed by atoms with Gasteiger partial charge in [-0.15, -0.1) is 0 Å². The summed E-state index contributed by atoms with van der Waals surface area (Å²) < 4.78 is 6.73. The van der Waals surface area contributed by atoms with Crippen molar-refractivity contribution in [3.63, 3.8) is 0 Å². The summed E-state index contributed by atoms with van der Waals surface area (Å²) in [6.45, 7) is 2.93. The van der Waals surface area contributed by atoms with Gasteiger partial charge in [-0.05, 0) is 6.92 Å². The topological polar surface area (TPSA) is 27.1 Å². The zero-order valence-electron chi connectivity index (χ0n) is 5.66. The Morgan fingerprint density at radius 1 is 1.78 bits per heavy atom. The molecule has 0 aromatic carbocycles. The molecule has 0 aliphatic rings. The van der Waals surface area contributed by atoms with Gasteiger partial charge in [0.25, 0.3) is 0 Å². The Morgan fingerprint density at radius 3 is 2.89 bits per heavy atom. The molecule has 0 radical (unpaired) electrons. The third kappa shape index (κ3) is 1.22. The molecule has 0 atom stereocenters. The quantitative estimate of drug-likeness (QED) is 0.589. The van der Waals surface area contributed by atoms with Crippen molar-refractivity contribution in [1.29, 1.82) is 0 Å². The van der Waals surface area contributed by atoms with Crippen molar-refractivity contribution in [2.45, 2.75) is 13.5 Å². The zero-order valence-corrected chi connectivity index (χ0v) is 5.66. The van der Waals surface area contributed by atoms with Gasteiger partial charge in [-0.1, -0.05) is 0 Å². The minimum absolute atomic E-state index is 0.817. The first-order chi connectivity index (χ1) is 4.36. The lowest BCUT2D eigenvalue weighted by molar-refractivity contribution is 0.414. The second-order valence-corrected chi connectivity index (χ2v) is 1.74. The summed E-state index contributed by atoms with van der Waals surface area (Å²) in [6, 6.07) is 0. The lowest BCUT2D eigenvalue weighted by atomic mass is 10.6. The fraction of sp³-hybridized carbons (Fsp3) is 0.500. The van der Waals surface area contributed by atoms with Crippen molar-refractivity contribution in [3.05, 3.63) is 12.4 Å². The third-order valence-electron chi connectivity index (χ3n) is 1.17. The second kappa shape index (κ2) is 2.53. The number of rotatable bonds is 2. The van der Waals surface area contributed by atoms with E-state index >= 15 is 0 Å². The molecule has 9 heavy (non-hydrogen) atoms. The molecule has 0 aliphatic heterocycles. The van der Waals surface area contributed by atoms with Crippen LogP contribution in [-0.4, -0.2) is 16.9 Å². The predicted octanol–water partition coefficient (Wildman–Crippen LogP) is 0.912. The van der Waals surface area contributed by atoms with Crippen LogP contribution in [-0.2, 0) is 6.54 Å². The molecule has 1 heterocycles. The number of aryl methyl sites for hydroxylation is 1. The highest BCUT2D eigenvalue weighted by Gasteiger charge is 1.92. The summed E-state index contributed by atoms with van der Waals surface area (Å²) in [5, 5.41) is 4.00. The van der Waals surface area contributed by atoms with Gasteiger partial charge in [-0.2, -0.15) is 5.10 Å². The highest BCUT2D eigenvalue weighted by molar-refractivity contribution is 5.10. The number of hydrogen-bond donors (Lipinski definition) is 0. The summed E-state index contributed by atoms with van der Waals surface area (Å²) in [6.07, 6.45) is 3.56. The van der Waals surface area contributed by atoms with Gasteiger partial charge in [-0.25, -0.2) is 0 Å². The third-order valence-corrected chi connectivity index (χ3v) is 1.17. The molecule has 3 nitrogen and oxygen atoms in total. The Balaban J connectivity index is 2.74. The fourth-order valence-electron chi connectivity index (χ4n) is 0.623. The minimum atomic E-state index is 0.817. The molecule has 1 aromatic heterocycles. The highest BCUT2D eigenvalue weighted by Crippen LogP contribution is 2.05. The van der Waals surface area contributed by atoms with Crippen molar-refractivity contribution in [2.75, 3.05) is 7.11 Å². The van der Waals surface area contributed by atoms with Gasteiger partial charge in [0.2, 0.25) is 0 Å². The maximum atomic E-state index is 4.91. The largest absolute Gasteiger partial charge is 0.493 e. The van der Waals surface area contributed by atoms with Crippen molar-refractivity contribution >= 4 is 0 Å². The van der Waals surface area contributed by atoms with Gasteiger partial charge >= 0.3 is 0 Å². The van der Waals surface area contributed by atoms with Gasteiger partial charge in [0.1, 0.15) is 0 Å². The van der Waals surface area contributed by atoms with Crippen LogP contribution >= 0.6 is 0 Å². The second-order valence-electron chi connectivity index (χ2n) is 1.74. The van der Waals surface area contributed by atoms with Crippen LogP contribution in [0.25, 0.3) is 0 Å². The number of methoxy groups -OCH3 is 1. The van der Waals surface area contributed by atoms with Gasteiger partial charge < -0.3 is 4.74 Å². The molecule has 0 unspecified atom stereocenters. The Bertz CT molecular complexity index is 164. The predicted molar refractivity (Wildman–Crippen MR) is 34.5 cm³/mol. The molecule has 0 fully saturated rings. The first-order valence-electron chi connectivity index (χ1n) is 2.93. The van der Waals surface area contributed by atoms with Crippen LogP contribution in [0.1, 0.15) is 6.92 Å². The van der Waals surface area contributed by atoms with E-state index in [0.29, 0.717) is 0 Å². The molecule has 50 valence electrons. The Hall–Kier alpha value is -0.990. The first-order valence-corrected chi connectivity index (χ1v) is 2.93. The molecule has 0 spiro atoms. The normalized spacial score (nSPS) is 9.56. The lowest BCUT2D eigenvalue weighted by Crippen LogP contribution is -1.91. The van der Waals surface area contributed by atoms with E-state index in [2.05, 4.69) is 5.10 Å². The van der Waals surface area contributed by atoms with Gasteiger partial charge in [0.05, 0.1) is 19.5 Å². The Morgan fingerprint density at radius 2 is 2.56 bits per heavy atom. The lowest BCUT2D eigenvalue weighted by Gasteiger charge is -1.90. The van der Waals surface area contributed by atoms with E-state index in [1.165, 1.54) is 0 Å². The summed E-state index contributed by atoms with van der Waals surface area (Å²) >= 11 is 0. The summed E-state index contributed by atoms with van der Waals surface area (Å²) in [4.78, 5) is 0. The van der Waals surface area contributed by atoms with Gasteiger partial charge in [-0.3, -0.25) is 4.68 Å². The molecule has 0 amide bonds. The number of ether oxygens (including phenoxy) is 1. The van der Waals surface area contributed by atoms with Crippen molar-refractivity contribution in [3.8, 4) is 5.75 Å². The fourth-order valence-corrected chi connectivity index (χ4v) is 0.623. The summed E-state index contributed by atoms with van der Waals surface area (Å²) in [5.74, 6) is 0.817. The van der Waals surface area contributed by atoms with E-state index in [1.54, 1.807) is 13.3 Å². The molecular weight excluding hydrogens is 116 g/mol. The van der Waals surface area contributed by atoms with Gasteiger partial charge in [0.15, 0.2) is 5.75 Å². The average molecular weight is 126 g/mol. The zero-order chi connectivity index (χ0) is 6.69. The monoisotopic (exact) mass is 126 g/mol. The van der Waals surface area contributed by atoms with Crippen LogP contribution in [0.3, 0.4) is 0 Å². The van der Waals surface area contributed by atoms with Crippen LogP contribution in [0.2, 0.25) is 0 Å².